The Hall–Kier alpha value is -3.93. The lowest BCUT2D eigenvalue weighted by molar-refractivity contribution is 0.220. The molecule has 1 aliphatic heterocycles. The second-order valence-electron chi connectivity index (χ2n) is 8.60. The van der Waals surface area contributed by atoms with Crippen molar-refractivity contribution in [2.24, 2.45) is 10.9 Å². The van der Waals surface area contributed by atoms with Crippen molar-refractivity contribution in [3.8, 4) is 6.19 Å². The zero-order valence-corrected chi connectivity index (χ0v) is 19.5. The maximum absolute atomic E-state index is 9.48. The smallest absolute Gasteiger partial charge is 0.213 e. The quantitative estimate of drug-likeness (QED) is 0.285. The van der Waals surface area contributed by atoms with Crippen LogP contribution < -0.4 is 15.1 Å². The van der Waals surface area contributed by atoms with Crippen molar-refractivity contribution in [2.75, 3.05) is 43.5 Å². The van der Waals surface area contributed by atoms with E-state index in [-0.39, 0.29) is 6.04 Å². The molecule has 4 rings (SSSR count). The largest absolute Gasteiger partial charge is 0.363 e. The number of aromatic nitrogens is 3. The molecule has 0 aliphatic carbocycles. The lowest BCUT2D eigenvalue weighted by Gasteiger charge is -2.44. The van der Waals surface area contributed by atoms with Gasteiger partial charge in [0.1, 0.15) is 18.0 Å². The molecular weight excluding hydrogens is 414 g/mol. The molecule has 170 valence electrons. The standard InChI is InChI=1S/C24H29N9/c1-17(2)21-14-32(23-13-22(31(3)4)28-16-29-23)11-12-33(21)24(27-15-25)30-20-9-5-8-19-18(20)7-6-10-26-19/h5-10,13,16-17,21H,11-12,14H2,1-4H3,(H,27,30). The molecule has 1 aliphatic rings. The second-order valence-corrected chi connectivity index (χ2v) is 8.60. The average molecular weight is 444 g/mol. The molecule has 1 saturated heterocycles. The van der Waals surface area contributed by atoms with Crippen LogP contribution in [0.1, 0.15) is 13.8 Å². The summed E-state index contributed by atoms with van der Waals surface area (Å²) in [7, 11) is 3.94. The highest BCUT2D eigenvalue weighted by atomic mass is 15.4. The van der Waals surface area contributed by atoms with E-state index in [0.29, 0.717) is 18.4 Å². The summed E-state index contributed by atoms with van der Waals surface area (Å²) in [5, 5.41) is 13.3. The summed E-state index contributed by atoms with van der Waals surface area (Å²) in [6.07, 6.45) is 5.46. The molecule has 9 nitrogen and oxygen atoms in total. The third-order valence-corrected chi connectivity index (χ3v) is 5.90. The Morgan fingerprint density at radius 1 is 1.18 bits per heavy atom. The fourth-order valence-electron chi connectivity index (χ4n) is 4.12. The highest BCUT2D eigenvalue weighted by Crippen LogP contribution is 2.27. The van der Waals surface area contributed by atoms with E-state index >= 15 is 0 Å². The van der Waals surface area contributed by atoms with Gasteiger partial charge in [0.15, 0.2) is 6.19 Å². The molecule has 3 heterocycles. The summed E-state index contributed by atoms with van der Waals surface area (Å²) in [4.78, 5) is 24.6. The average Bonchev–Trinajstić information content (AvgIpc) is 2.83. The number of hydrogen-bond donors (Lipinski definition) is 1. The van der Waals surface area contributed by atoms with Crippen LogP contribution in [0.3, 0.4) is 0 Å². The van der Waals surface area contributed by atoms with E-state index in [1.165, 1.54) is 0 Å². The lowest BCUT2D eigenvalue weighted by atomic mass is 9.99. The van der Waals surface area contributed by atoms with Crippen molar-refractivity contribution in [1.82, 2.24) is 25.2 Å². The zero-order chi connectivity index (χ0) is 23.4. The summed E-state index contributed by atoms with van der Waals surface area (Å²) < 4.78 is 0. The first-order valence-corrected chi connectivity index (χ1v) is 11.1. The number of nitriles is 1. The van der Waals surface area contributed by atoms with E-state index in [0.717, 1.165) is 41.3 Å². The number of nitrogens with zero attached hydrogens (tertiary/aromatic N) is 8. The van der Waals surface area contributed by atoms with E-state index in [2.05, 4.69) is 50.1 Å². The Labute approximate surface area is 194 Å². The van der Waals surface area contributed by atoms with Crippen LogP contribution in [0.2, 0.25) is 0 Å². The molecule has 1 fully saturated rings. The summed E-state index contributed by atoms with van der Waals surface area (Å²) in [5.41, 5.74) is 1.66. The van der Waals surface area contributed by atoms with Crippen molar-refractivity contribution in [3.05, 3.63) is 48.9 Å². The topological polar surface area (TPSA) is 96.6 Å². The maximum atomic E-state index is 9.48. The molecule has 9 heteroatoms. The number of rotatable bonds is 4. The number of anilines is 2. The van der Waals surface area contributed by atoms with Gasteiger partial charge in [-0.3, -0.25) is 10.3 Å². The van der Waals surface area contributed by atoms with Crippen LogP contribution >= 0.6 is 0 Å². The van der Waals surface area contributed by atoms with E-state index in [4.69, 9.17) is 4.99 Å². The molecule has 3 aromatic rings. The molecule has 1 aromatic carbocycles. The van der Waals surface area contributed by atoms with Gasteiger partial charge in [0.25, 0.3) is 0 Å². The number of aliphatic imine (C=N–C) groups is 1. The van der Waals surface area contributed by atoms with Crippen LogP contribution in [0.15, 0.2) is 53.9 Å². The van der Waals surface area contributed by atoms with Crippen molar-refractivity contribution in [2.45, 2.75) is 19.9 Å². The number of piperazine rings is 1. The number of fused-ring (bicyclic) bond motifs is 1. The second kappa shape index (κ2) is 9.69. The Bertz CT molecular complexity index is 1180. The SMILES string of the molecule is CC(C)C1CN(c2cc(N(C)C)ncn2)CCN1C(=Nc1cccc2ncccc12)NC#N. The molecular formula is C24H29N9. The van der Waals surface area contributed by atoms with Gasteiger partial charge in [-0.1, -0.05) is 19.9 Å². The molecule has 0 saturated carbocycles. The summed E-state index contributed by atoms with van der Waals surface area (Å²) in [6.45, 7) is 6.62. The van der Waals surface area contributed by atoms with Crippen LogP contribution in [0, 0.1) is 17.4 Å². The number of nitrogens with one attached hydrogen (secondary N) is 1. The Kier molecular flexibility index (Phi) is 6.54. The maximum Gasteiger partial charge on any atom is 0.213 e. The minimum Gasteiger partial charge on any atom is -0.363 e. The van der Waals surface area contributed by atoms with Gasteiger partial charge in [-0.15, -0.1) is 0 Å². The van der Waals surface area contributed by atoms with Gasteiger partial charge in [0.2, 0.25) is 5.96 Å². The molecule has 2 aromatic heterocycles. The van der Waals surface area contributed by atoms with Crippen molar-refractivity contribution >= 4 is 34.2 Å². The van der Waals surface area contributed by atoms with Crippen LogP contribution in [-0.2, 0) is 0 Å². The summed E-state index contributed by atoms with van der Waals surface area (Å²) in [5.74, 6) is 2.68. The van der Waals surface area contributed by atoms with Gasteiger partial charge in [-0.2, -0.15) is 5.26 Å². The zero-order valence-electron chi connectivity index (χ0n) is 19.5. The molecule has 1 atom stereocenters. The molecule has 0 amide bonds. The number of hydrogen-bond acceptors (Lipinski definition) is 7. The Morgan fingerprint density at radius 2 is 2.03 bits per heavy atom. The predicted molar refractivity (Wildman–Crippen MR) is 131 cm³/mol. The van der Waals surface area contributed by atoms with Crippen LogP contribution in [0.4, 0.5) is 17.3 Å². The highest BCUT2D eigenvalue weighted by Gasteiger charge is 2.32. The van der Waals surface area contributed by atoms with Gasteiger partial charge in [-0.25, -0.2) is 15.0 Å². The van der Waals surface area contributed by atoms with Crippen molar-refractivity contribution in [1.29, 1.82) is 5.26 Å². The first-order chi connectivity index (χ1) is 16.0. The van der Waals surface area contributed by atoms with E-state index in [9.17, 15) is 5.26 Å². The van der Waals surface area contributed by atoms with Gasteiger partial charge < -0.3 is 14.7 Å². The fourth-order valence-corrected chi connectivity index (χ4v) is 4.12. The third kappa shape index (κ3) is 4.80. The summed E-state index contributed by atoms with van der Waals surface area (Å²) in [6, 6.07) is 11.9. The van der Waals surface area contributed by atoms with Crippen LogP contribution in [0.25, 0.3) is 10.9 Å². The molecule has 33 heavy (non-hydrogen) atoms. The normalized spacial score (nSPS) is 16.7. The summed E-state index contributed by atoms with van der Waals surface area (Å²) >= 11 is 0. The van der Waals surface area contributed by atoms with Crippen LogP contribution in [0.5, 0.6) is 0 Å². The van der Waals surface area contributed by atoms with Crippen molar-refractivity contribution < 1.29 is 0 Å². The Balaban J connectivity index is 1.66. The van der Waals surface area contributed by atoms with E-state index in [1.54, 1.807) is 12.5 Å². The first kappa shape index (κ1) is 22.3. The molecule has 0 spiro atoms. The molecule has 0 radical (unpaired) electrons. The fraction of sp³-hybridized carbons (Fsp3) is 0.375. The molecule has 1 N–H and O–H groups in total. The van der Waals surface area contributed by atoms with Gasteiger partial charge >= 0.3 is 0 Å². The first-order valence-electron chi connectivity index (χ1n) is 11.1. The number of guanidine groups is 1. The molecule has 1 unspecified atom stereocenters. The van der Waals surface area contributed by atoms with Crippen molar-refractivity contribution in [3.63, 3.8) is 0 Å². The number of pyridine rings is 1. The lowest BCUT2D eigenvalue weighted by Crippen LogP contribution is -2.59. The minimum atomic E-state index is 0.143. The third-order valence-electron chi connectivity index (χ3n) is 5.90. The van der Waals surface area contributed by atoms with Gasteiger partial charge in [0, 0.05) is 51.4 Å². The van der Waals surface area contributed by atoms with Gasteiger partial charge in [-0.05, 0) is 30.2 Å². The highest BCUT2D eigenvalue weighted by molar-refractivity contribution is 5.94. The monoisotopic (exact) mass is 443 g/mol. The van der Waals surface area contributed by atoms with E-state index in [1.807, 2.05) is 55.4 Å². The van der Waals surface area contributed by atoms with E-state index < -0.39 is 0 Å². The molecule has 0 bridgehead atoms. The van der Waals surface area contributed by atoms with Gasteiger partial charge in [0.05, 0.1) is 17.2 Å². The Morgan fingerprint density at radius 3 is 2.79 bits per heavy atom. The van der Waals surface area contributed by atoms with Crippen LogP contribution in [-0.4, -0.2) is 65.6 Å². The predicted octanol–water partition coefficient (Wildman–Crippen LogP) is 3.00. The number of benzene rings is 1. The minimum absolute atomic E-state index is 0.143.